The van der Waals surface area contributed by atoms with Crippen molar-refractivity contribution in [2.24, 2.45) is 0 Å². The Hall–Kier alpha value is -1.76. The first-order valence-corrected chi connectivity index (χ1v) is 8.68. The van der Waals surface area contributed by atoms with Crippen LogP contribution in [-0.2, 0) is 4.74 Å². The van der Waals surface area contributed by atoms with Crippen LogP contribution in [0.1, 0.15) is 45.1 Å². The SMILES string of the molecule is CC(CC(C)(C)OC(=O)NCCCNC(=O)O)c1ccc(Br)cc1. The van der Waals surface area contributed by atoms with Crippen LogP contribution in [0.25, 0.3) is 0 Å². The summed E-state index contributed by atoms with van der Waals surface area (Å²) in [5, 5.41) is 13.3. The second-order valence-corrected chi connectivity index (χ2v) is 7.23. The highest BCUT2D eigenvalue weighted by Gasteiger charge is 2.26. The quantitative estimate of drug-likeness (QED) is 0.573. The van der Waals surface area contributed by atoms with Gasteiger partial charge in [-0.3, -0.25) is 0 Å². The number of ether oxygens (including phenoxy) is 1. The van der Waals surface area contributed by atoms with Gasteiger partial charge in [-0.25, -0.2) is 9.59 Å². The minimum atomic E-state index is -1.07. The zero-order chi connectivity index (χ0) is 18.2. The number of carbonyl (C=O) groups excluding carboxylic acids is 1. The molecule has 0 heterocycles. The molecule has 0 aliphatic rings. The number of hydrogen-bond donors (Lipinski definition) is 3. The minimum Gasteiger partial charge on any atom is -0.465 e. The van der Waals surface area contributed by atoms with Crippen molar-refractivity contribution in [3.8, 4) is 0 Å². The van der Waals surface area contributed by atoms with Crippen molar-refractivity contribution >= 4 is 28.1 Å². The molecular formula is C17H25BrN2O4. The number of rotatable bonds is 8. The average molecular weight is 401 g/mol. The molecule has 2 amide bonds. The Bertz CT molecular complexity index is 546. The van der Waals surface area contributed by atoms with Crippen molar-refractivity contribution < 1.29 is 19.4 Å². The van der Waals surface area contributed by atoms with Crippen LogP contribution in [0.15, 0.2) is 28.7 Å². The zero-order valence-electron chi connectivity index (χ0n) is 14.3. The van der Waals surface area contributed by atoms with E-state index in [9.17, 15) is 9.59 Å². The second-order valence-electron chi connectivity index (χ2n) is 6.32. The van der Waals surface area contributed by atoms with Crippen LogP contribution in [0.5, 0.6) is 0 Å². The van der Waals surface area contributed by atoms with E-state index in [0.29, 0.717) is 25.9 Å². The van der Waals surface area contributed by atoms with E-state index in [1.807, 2.05) is 26.0 Å². The van der Waals surface area contributed by atoms with Gasteiger partial charge >= 0.3 is 12.2 Å². The number of benzene rings is 1. The number of carboxylic acid groups (broad SMARTS) is 1. The van der Waals surface area contributed by atoms with E-state index in [0.717, 1.165) is 4.47 Å². The van der Waals surface area contributed by atoms with Gasteiger partial charge in [-0.15, -0.1) is 0 Å². The molecule has 3 N–H and O–H groups in total. The summed E-state index contributed by atoms with van der Waals surface area (Å²) in [7, 11) is 0. The van der Waals surface area contributed by atoms with Gasteiger partial charge in [0.2, 0.25) is 0 Å². The Labute approximate surface area is 151 Å². The third kappa shape index (κ3) is 8.19. The van der Waals surface area contributed by atoms with Crippen molar-refractivity contribution in [3.05, 3.63) is 34.3 Å². The Morgan fingerprint density at radius 3 is 2.38 bits per heavy atom. The molecule has 1 unspecified atom stereocenters. The van der Waals surface area contributed by atoms with E-state index in [1.54, 1.807) is 0 Å². The number of alkyl carbamates (subject to hydrolysis) is 1. The van der Waals surface area contributed by atoms with Crippen LogP contribution in [0.2, 0.25) is 0 Å². The molecular weight excluding hydrogens is 376 g/mol. The molecule has 1 rings (SSSR count). The third-order valence-corrected chi connectivity index (χ3v) is 4.03. The van der Waals surface area contributed by atoms with E-state index in [-0.39, 0.29) is 5.92 Å². The van der Waals surface area contributed by atoms with Crippen LogP contribution < -0.4 is 10.6 Å². The molecule has 0 aliphatic heterocycles. The molecule has 0 fully saturated rings. The maximum absolute atomic E-state index is 11.8. The molecule has 0 radical (unpaired) electrons. The van der Waals surface area contributed by atoms with E-state index >= 15 is 0 Å². The van der Waals surface area contributed by atoms with Crippen molar-refractivity contribution in [3.63, 3.8) is 0 Å². The fourth-order valence-corrected chi connectivity index (χ4v) is 2.71. The van der Waals surface area contributed by atoms with E-state index in [2.05, 4.69) is 45.6 Å². The van der Waals surface area contributed by atoms with Gasteiger partial charge in [-0.2, -0.15) is 0 Å². The first kappa shape index (κ1) is 20.3. The summed E-state index contributed by atoms with van der Waals surface area (Å²) in [5.74, 6) is 0.251. The first-order chi connectivity index (χ1) is 11.2. The number of carbonyl (C=O) groups is 2. The molecule has 0 saturated carbocycles. The Morgan fingerprint density at radius 2 is 1.79 bits per heavy atom. The molecule has 7 heteroatoms. The lowest BCUT2D eigenvalue weighted by Gasteiger charge is -2.28. The number of amides is 2. The Balaban J connectivity index is 2.37. The van der Waals surface area contributed by atoms with Gasteiger partial charge in [-0.05, 0) is 50.3 Å². The Morgan fingerprint density at radius 1 is 1.21 bits per heavy atom. The van der Waals surface area contributed by atoms with Gasteiger partial charge in [0.1, 0.15) is 5.60 Å². The standard InChI is InChI=1S/C17H25BrN2O4/c1-12(13-5-7-14(18)8-6-13)11-17(2,3)24-16(23)20-10-4-9-19-15(21)22/h5-8,12,19H,4,9-11H2,1-3H3,(H,20,23)(H,21,22). The van der Waals surface area contributed by atoms with Crippen LogP contribution >= 0.6 is 15.9 Å². The highest BCUT2D eigenvalue weighted by molar-refractivity contribution is 9.10. The fraction of sp³-hybridized carbons (Fsp3) is 0.529. The molecule has 0 aliphatic carbocycles. The summed E-state index contributed by atoms with van der Waals surface area (Å²) in [6, 6.07) is 8.11. The van der Waals surface area contributed by atoms with Crippen LogP contribution in [0.3, 0.4) is 0 Å². The molecule has 24 heavy (non-hydrogen) atoms. The normalized spacial score (nSPS) is 12.3. The van der Waals surface area contributed by atoms with Gasteiger partial charge in [0.15, 0.2) is 0 Å². The van der Waals surface area contributed by atoms with Gasteiger partial charge in [0, 0.05) is 17.6 Å². The molecule has 1 aromatic carbocycles. The average Bonchev–Trinajstić information content (AvgIpc) is 2.46. The molecule has 0 bridgehead atoms. The highest BCUT2D eigenvalue weighted by atomic mass is 79.9. The second kappa shape index (κ2) is 9.52. The summed E-state index contributed by atoms with van der Waals surface area (Å²) < 4.78 is 6.52. The van der Waals surface area contributed by atoms with Crippen molar-refractivity contribution in [2.75, 3.05) is 13.1 Å². The molecule has 1 aromatic rings. The predicted octanol–water partition coefficient (Wildman–Crippen LogP) is 4.11. The molecule has 0 saturated heterocycles. The summed E-state index contributed by atoms with van der Waals surface area (Å²) in [6.07, 6.45) is -0.348. The van der Waals surface area contributed by atoms with E-state index < -0.39 is 17.8 Å². The maximum atomic E-state index is 11.8. The van der Waals surface area contributed by atoms with Crippen LogP contribution in [0.4, 0.5) is 9.59 Å². The molecule has 6 nitrogen and oxygen atoms in total. The lowest BCUT2D eigenvalue weighted by molar-refractivity contribution is 0.0287. The van der Waals surface area contributed by atoms with E-state index in [1.165, 1.54) is 5.56 Å². The topological polar surface area (TPSA) is 87.7 Å². The predicted molar refractivity (Wildman–Crippen MR) is 96.4 cm³/mol. The van der Waals surface area contributed by atoms with E-state index in [4.69, 9.17) is 9.84 Å². The van der Waals surface area contributed by atoms with Crippen molar-refractivity contribution in [1.82, 2.24) is 10.6 Å². The monoisotopic (exact) mass is 400 g/mol. The smallest absolute Gasteiger partial charge is 0.407 e. The highest BCUT2D eigenvalue weighted by Crippen LogP contribution is 2.28. The number of halogens is 1. The lowest BCUT2D eigenvalue weighted by atomic mass is 9.89. The van der Waals surface area contributed by atoms with Gasteiger partial charge < -0.3 is 20.5 Å². The summed E-state index contributed by atoms with van der Waals surface area (Å²) in [4.78, 5) is 22.1. The van der Waals surface area contributed by atoms with Crippen molar-refractivity contribution in [2.45, 2.75) is 45.1 Å². The fourth-order valence-electron chi connectivity index (χ4n) is 2.45. The maximum Gasteiger partial charge on any atom is 0.407 e. The van der Waals surface area contributed by atoms with Gasteiger partial charge in [-0.1, -0.05) is 35.0 Å². The van der Waals surface area contributed by atoms with Gasteiger partial charge in [0.25, 0.3) is 0 Å². The molecule has 0 spiro atoms. The summed E-state index contributed by atoms with van der Waals surface area (Å²) in [5.41, 5.74) is 0.589. The molecule has 1 atom stereocenters. The van der Waals surface area contributed by atoms with Crippen LogP contribution in [0, 0.1) is 0 Å². The third-order valence-electron chi connectivity index (χ3n) is 3.50. The summed E-state index contributed by atoms with van der Waals surface area (Å²) >= 11 is 3.42. The summed E-state index contributed by atoms with van der Waals surface area (Å²) in [6.45, 7) is 6.52. The van der Waals surface area contributed by atoms with Gasteiger partial charge in [0.05, 0.1) is 0 Å². The first-order valence-electron chi connectivity index (χ1n) is 7.89. The zero-order valence-corrected chi connectivity index (χ0v) is 15.9. The van der Waals surface area contributed by atoms with Crippen molar-refractivity contribution in [1.29, 1.82) is 0 Å². The molecule has 134 valence electrons. The lowest BCUT2D eigenvalue weighted by Crippen LogP contribution is -2.36. The van der Waals surface area contributed by atoms with Crippen LogP contribution in [-0.4, -0.2) is 36.0 Å². The largest absolute Gasteiger partial charge is 0.465 e. The number of nitrogens with one attached hydrogen (secondary N) is 2. The minimum absolute atomic E-state index is 0.251. The molecule has 0 aromatic heterocycles. The Kier molecular flexibility index (Phi) is 8.04. The number of hydrogen-bond acceptors (Lipinski definition) is 3.